The second-order valence-corrected chi connectivity index (χ2v) is 3.95. The summed E-state index contributed by atoms with van der Waals surface area (Å²) in [5.74, 6) is -0.565. The molecule has 1 aromatic rings. The molecule has 0 bridgehead atoms. The molecule has 0 unspecified atom stereocenters. The van der Waals surface area contributed by atoms with E-state index in [1.54, 1.807) is 0 Å². The molecule has 2 heterocycles. The zero-order chi connectivity index (χ0) is 10.8. The van der Waals surface area contributed by atoms with Crippen molar-refractivity contribution in [3.05, 3.63) is 28.8 Å². The number of carbonyl (C=O) groups excluding carboxylic acids is 1. The van der Waals surface area contributed by atoms with Gasteiger partial charge in [0.1, 0.15) is 0 Å². The predicted octanol–water partition coefficient (Wildman–Crippen LogP) is 1.55. The molecule has 1 atom stereocenters. The minimum absolute atomic E-state index is 0.0327. The molecule has 3 nitrogen and oxygen atoms in total. The quantitative estimate of drug-likeness (QED) is 0.781. The van der Waals surface area contributed by atoms with Crippen LogP contribution in [-0.4, -0.2) is 17.4 Å². The number of rotatable bonds is 2. The van der Waals surface area contributed by atoms with Crippen LogP contribution in [0.5, 0.6) is 0 Å². The number of hydrogen-bond acceptors (Lipinski definition) is 2. The fraction of sp³-hybridized carbons (Fsp3) is 0.400. The number of hydrogen-bond donors (Lipinski definition) is 1. The van der Waals surface area contributed by atoms with Crippen molar-refractivity contribution in [1.82, 2.24) is 10.3 Å². The molecule has 2 rings (SSSR count). The molecular formula is C10H10ClFN2O. The third-order valence-corrected chi connectivity index (χ3v) is 2.78. The van der Waals surface area contributed by atoms with Crippen LogP contribution in [0.2, 0.25) is 5.15 Å². The summed E-state index contributed by atoms with van der Waals surface area (Å²) in [5, 5.41) is 2.61. The van der Waals surface area contributed by atoms with Gasteiger partial charge < -0.3 is 5.32 Å². The van der Waals surface area contributed by atoms with Crippen LogP contribution in [0.1, 0.15) is 12.0 Å². The van der Waals surface area contributed by atoms with Crippen LogP contribution >= 0.6 is 11.6 Å². The second-order valence-electron chi connectivity index (χ2n) is 3.60. The Morgan fingerprint density at radius 1 is 1.67 bits per heavy atom. The Hall–Kier alpha value is -1.16. The molecule has 80 valence electrons. The maximum absolute atomic E-state index is 13.1. The molecule has 1 amide bonds. The van der Waals surface area contributed by atoms with E-state index in [2.05, 4.69) is 10.3 Å². The van der Waals surface area contributed by atoms with Gasteiger partial charge >= 0.3 is 0 Å². The van der Waals surface area contributed by atoms with Gasteiger partial charge in [0, 0.05) is 18.7 Å². The Bertz CT molecular complexity index is 397. The van der Waals surface area contributed by atoms with Crippen LogP contribution in [0, 0.1) is 11.7 Å². The molecule has 0 aliphatic carbocycles. The summed E-state index contributed by atoms with van der Waals surface area (Å²) >= 11 is 5.46. The van der Waals surface area contributed by atoms with Crippen molar-refractivity contribution < 1.29 is 9.18 Å². The molecule has 0 aromatic carbocycles. The molecule has 1 aromatic heterocycles. The van der Waals surface area contributed by atoms with E-state index in [-0.39, 0.29) is 17.0 Å². The molecule has 1 N–H and O–H groups in total. The highest BCUT2D eigenvalue weighted by Crippen LogP contribution is 2.18. The van der Waals surface area contributed by atoms with Crippen molar-refractivity contribution in [3.63, 3.8) is 0 Å². The van der Waals surface area contributed by atoms with Crippen molar-refractivity contribution in [2.24, 2.45) is 5.92 Å². The maximum Gasteiger partial charge on any atom is 0.223 e. The molecule has 1 aliphatic rings. The van der Waals surface area contributed by atoms with Gasteiger partial charge in [0.25, 0.3) is 0 Å². The Kier molecular flexibility index (Phi) is 2.86. The Morgan fingerprint density at radius 3 is 3.07 bits per heavy atom. The molecule has 15 heavy (non-hydrogen) atoms. The molecule has 5 heteroatoms. The number of halogens is 2. The zero-order valence-electron chi connectivity index (χ0n) is 7.96. The van der Waals surface area contributed by atoms with E-state index in [4.69, 9.17) is 11.6 Å². The second kappa shape index (κ2) is 4.14. The molecule has 1 saturated heterocycles. The van der Waals surface area contributed by atoms with E-state index in [1.807, 2.05) is 0 Å². The number of carbonyl (C=O) groups is 1. The first-order chi connectivity index (χ1) is 7.16. The highest BCUT2D eigenvalue weighted by atomic mass is 35.5. The van der Waals surface area contributed by atoms with Gasteiger partial charge in [-0.15, -0.1) is 0 Å². The van der Waals surface area contributed by atoms with Gasteiger partial charge in [-0.1, -0.05) is 11.6 Å². The first kappa shape index (κ1) is 10.4. The van der Waals surface area contributed by atoms with Crippen LogP contribution in [0.25, 0.3) is 0 Å². The molecular weight excluding hydrogens is 219 g/mol. The van der Waals surface area contributed by atoms with E-state index >= 15 is 0 Å². The van der Waals surface area contributed by atoms with E-state index in [1.165, 1.54) is 12.3 Å². The van der Waals surface area contributed by atoms with Gasteiger partial charge in [-0.2, -0.15) is 0 Å². The first-order valence-corrected chi connectivity index (χ1v) is 5.12. The predicted molar refractivity (Wildman–Crippen MR) is 54.0 cm³/mol. The smallest absolute Gasteiger partial charge is 0.223 e. The summed E-state index contributed by atoms with van der Waals surface area (Å²) in [7, 11) is 0. The van der Waals surface area contributed by atoms with E-state index in [0.29, 0.717) is 18.5 Å². The first-order valence-electron chi connectivity index (χ1n) is 4.74. The van der Waals surface area contributed by atoms with Gasteiger partial charge in [-0.3, -0.25) is 4.79 Å². The van der Waals surface area contributed by atoms with Crippen LogP contribution in [0.4, 0.5) is 4.39 Å². The minimum atomic E-state index is -0.535. The zero-order valence-corrected chi connectivity index (χ0v) is 8.72. The van der Waals surface area contributed by atoms with Crippen LogP contribution < -0.4 is 5.32 Å². The monoisotopic (exact) mass is 228 g/mol. The average molecular weight is 229 g/mol. The SMILES string of the molecule is O=C1NCC[C@@H]1Cc1cnc(Cl)c(F)c1. The largest absolute Gasteiger partial charge is 0.356 e. The van der Waals surface area contributed by atoms with Crippen molar-refractivity contribution in [2.45, 2.75) is 12.8 Å². The van der Waals surface area contributed by atoms with Crippen LogP contribution in [0.15, 0.2) is 12.3 Å². The number of nitrogens with zero attached hydrogens (tertiary/aromatic N) is 1. The Balaban J connectivity index is 2.10. The lowest BCUT2D eigenvalue weighted by Crippen LogP contribution is -2.20. The fourth-order valence-electron chi connectivity index (χ4n) is 1.70. The standard InChI is InChI=1S/C10H10ClFN2O/c11-9-8(12)4-6(5-14-9)3-7-1-2-13-10(7)15/h4-5,7H,1-3H2,(H,13,15)/t7-/m1/s1. The highest BCUT2D eigenvalue weighted by molar-refractivity contribution is 6.29. The number of aromatic nitrogens is 1. The van der Waals surface area contributed by atoms with Crippen molar-refractivity contribution in [1.29, 1.82) is 0 Å². The van der Waals surface area contributed by atoms with Crippen molar-refractivity contribution in [3.8, 4) is 0 Å². The lowest BCUT2D eigenvalue weighted by atomic mass is 9.99. The fourth-order valence-corrected chi connectivity index (χ4v) is 1.80. The molecule has 1 fully saturated rings. The lowest BCUT2D eigenvalue weighted by Gasteiger charge is -2.06. The third kappa shape index (κ3) is 2.26. The number of amides is 1. The van der Waals surface area contributed by atoms with Gasteiger partial charge in [0.15, 0.2) is 11.0 Å². The average Bonchev–Trinajstić information content (AvgIpc) is 2.59. The molecule has 0 radical (unpaired) electrons. The van der Waals surface area contributed by atoms with Crippen molar-refractivity contribution in [2.75, 3.05) is 6.54 Å². The number of pyridine rings is 1. The summed E-state index contributed by atoms with van der Waals surface area (Å²) in [6, 6.07) is 1.33. The summed E-state index contributed by atoms with van der Waals surface area (Å²) < 4.78 is 13.1. The van der Waals surface area contributed by atoms with Crippen LogP contribution in [0.3, 0.4) is 0 Å². The van der Waals surface area contributed by atoms with Crippen LogP contribution in [-0.2, 0) is 11.2 Å². The minimum Gasteiger partial charge on any atom is -0.356 e. The summed E-state index contributed by atoms with van der Waals surface area (Å²) in [6.45, 7) is 0.701. The summed E-state index contributed by atoms with van der Waals surface area (Å²) in [4.78, 5) is 15.0. The van der Waals surface area contributed by atoms with Gasteiger partial charge in [0.05, 0.1) is 0 Å². The Morgan fingerprint density at radius 2 is 2.47 bits per heavy atom. The third-order valence-electron chi connectivity index (χ3n) is 2.50. The summed E-state index contributed by atoms with van der Waals surface area (Å²) in [6.07, 6.45) is 2.83. The topological polar surface area (TPSA) is 42.0 Å². The number of nitrogens with one attached hydrogen (secondary N) is 1. The summed E-state index contributed by atoms with van der Waals surface area (Å²) in [5.41, 5.74) is 0.707. The maximum atomic E-state index is 13.1. The molecule has 0 saturated carbocycles. The normalized spacial score (nSPS) is 20.4. The van der Waals surface area contributed by atoms with Gasteiger partial charge in [-0.05, 0) is 24.5 Å². The van der Waals surface area contributed by atoms with E-state index in [9.17, 15) is 9.18 Å². The van der Waals surface area contributed by atoms with E-state index < -0.39 is 5.82 Å². The molecule has 0 spiro atoms. The van der Waals surface area contributed by atoms with Gasteiger partial charge in [0.2, 0.25) is 5.91 Å². The Labute approximate surface area is 91.7 Å². The lowest BCUT2D eigenvalue weighted by molar-refractivity contribution is -0.122. The van der Waals surface area contributed by atoms with E-state index in [0.717, 1.165) is 6.42 Å². The molecule has 1 aliphatic heterocycles. The van der Waals surface area contributed by atoms with Gasteiger partial charge in [-0.25, -0.2) is 9.37 Å². The van der Waals surface area contributed by atoms with Crippen molar-refractivity contribution >= 4 is 17.5 Å². The highest BCUT2D eigenvalue weighted by Gasteiger charge is 2.24.